The minimum Gasteiger partial charge on any atom is -0.496 e. The molecule has 1 atom stereocenters. The molecule has 0 heterocycles. The molecule has 0 radical (unpaired) electrons. The molecule has 0 unspecified atom stereocenters. The molecule has 0 aromatic heterocycles. The van der Waals surface area contributed by atoms with E-state index in [0.29, 0.717) is 17.4 Å². The van der Waals surface area contributed by atoms with Gasteiger partial charge in [0, 0.05) is 0 Å². The number of amides is 1. The average molecular weight is 399 g/mol. The maximum Gasteiger partial charge on any atom is 0.346 e. The number of nitrogens with one attached hydrogen (secondary N) is 1. The second-order valence-corrected chi connectivity index (χ2v) is 7.24. The summed E-state index contributed by atoms with van der Waals surface area (Å²) >= 11 is 0. The molecule has 2 rings (SSSR count). The average Bonchev–Trinajstić information content (AvgIpc) is 2.71. The Kier molecular flexibility index (Phi) is 8.07. The van der Waals surface area contributed by atoms with Gasteiger partial charge in [-0.15, -0.1) is 0 Å². The monoisotopic (exact) mass is 399 g/mol. The van der Waals surface area contributed by atoms with Crippen molar-refractivity contribution in [3.8, 4) is 11.5 Å². The normalized spacial score (nSPS) is 11.7. The van der Waals surface area contributed by atoms with Crippen molar-refractivity contribution in [1.29, 1.82) is 0 Å². The summed E-state index contributed by atoms with van der Waals surface area (Å²) in [5.41, 5.74) is 2.41. The van der Waals surface area contributed by atoms with Crippen LogP contribution in [0, 0.1) is 5.92 Å². The fraction of sp³-hybridized carbons (Fsp3) is 0.391. The zero-order chi connectivity index (χ0) is 21.4. The maximum absolute atomic E-state index is 12.4. The molecule has 29 heavy (non-hydrogen) atoms. The van der Waals surface area contributed by atoms with Gasteiger partial charge in [0.05, 0.1) is 20.3 Å². The topological polar surface area (TPSA) is 73.9 Å². The van der Waals surface area contributed by atoms with Crippen LogP contribution in [-0.2, 0) is 16.0 Å². The molecule has 2 aromatic carbocycles. The molecule has 0 spiro atoms. The first-order valence-electron chi connectivity index (χ1n) is 9.62. The van der Waals surface area contributed by atoms with E-state index in [-0.39, 0.29) is 17.5 Å². The van der Waals surface area contributed by atoms with Crippen LogP contribution < -0.4 is 14.8 Å². The second-order valence-electron chi connectivity index (χ2n) is 7.24. The van der Waals surface area contributed by atoms with Crippen LogP contribution in [0.4, 0.5) is 0 Å². The van der Waals surface area contributed by atoms with Crippen LogP contribution >= 0.6 is 0 Å². The molecule has 0 fully saturated rings. The van der Waals surface area contributed by atoms with Gasteiger partial charge in [-0.1, -0.05) is 44.2 Å². The lowest BCUT2D eigenvalue weighted by Crippen LogP contribution is -2.31. The summed E-state index contributed by atoms with van der Waals surface area (Å²) in [4.78, 5) is 24.7. The first-order chi connectivity index (χ1) is 13.8. The molecule has 0 saturated carbocycles. The Morgan fingerprint density at radius 2 is 1.52 bits per heavy atom. The zero-order valence-corrected chi connectivity index (χ0v) is 17.7. The van der Waals surface area contributed by atoms with Gasteiger partial charge < -0.3 is 19.5 Å². The summed E-state index contributed by atoms with van der Waals surface area (Å²) in [6.45, 7) is 5.85. The number of benzene rings is 2. The lowest BCUT2D eigenvalue weighted by Gasteiger charge is -2.16. The molecular weight excluding hydrogens is 370 g/mol. The van der Waals surface area contributed by atoms with Crippen molar-refractivity contribution in [2.24, 2.45) is 5.92 Å². The standard InChI is InChI=1S/C23H29NO5/c1-15(2)13-17-9-11-18(12-10-17)16(3)24-21(25)14-29-23(26)22-19(27-4)7-6-8-20(22)28-5/h6-12,15-16H,13-14H2,1-5H3,(H,24,25)/t16-/m0/s1. The van der Waals surface area contributed by atoms with Crippen molar-refractivity contribution in [3.63, 3.8) is 0 Å². The number of carbonyl (C=O) groups is 2. The Balaban J connectivity index is 1.93. The highest BCUT2D eigenvalue weighted by atomic mass is 16.5. The number of hydrogen-bond donors (Lipinski definition) is 1. The van der Waals surface area contributed by atoms with E-state index in [4.69, 9.17) is 14.2 Å². The van der Waals surface area contributed by atoms with Gasteiger partial charge in [-0.25, -0.2) is 4.79 Å². The highest BCUT2D eigenvalue weighted by Crippen LogP contribution is 2.28. The Labute approximate surface area is 172 Å². The molecule has 1 N–H and O–H groups in total. The molecule has 0 aliphatic carbocycles. The summed E-state index contributed by atoms with van der Waals surface area (Å²) in [6.07, 6.45) is 1.02. The van der Waals surface area contributed by atoms with Gasteiger partial charge in [0.1, 0.15) is 17.1 Å². The molecule has 2 aromatic rings. The fourth-order valence-corrected chi connectivity index (χ4v) is 3.04. The number of carbonyl (C=O) groups excluding carboxylic acids is 2. The van der Waals surface area contributed by atoms with Crippen LogP contribution in [-0.4, -0.2) is 32.7 Å². The van der Waals surface area contributed by atoms with E-state index in [9.17, 15) is 9.59 Å². The first kappa shape index (κ1) is 22.3. The molecule has 1 amide bonds. The summed E-state index contributed by atoms with van der Waals surface area (Å²) in [5.74, 6) is 0.176. The highest BCUT2D eigenvalue weighted by Gasteiger charge is 2.21. The number of ether oxygens (including phenoxy) is 3. The van der Waals surface area contributed by atoms with Crippen molar-refractivity contribution in [1.82, 2.24) is 5.32 Å². The van der Waals surface area contributed by atoms with E-state index in [1.54, 1.807) is 18.2 Å². The summed E-state index contributed by atoms with van der Waals surface area (Å²) in [6, 6.07) is 12.9. The Morgan fingerprint density at radius 3 is 2.03 bits per heavy atom. The van der Waals surface area contributed by atoms with Gasteiger partial charge in [-0.05, 0) is 42.5 Å². The minimum atomic E-state index is -0.680. The van der Waals surface area contributed by atoms with Gasteiger partial charge in [0.2, 0.25) is 0 Å². The summed E-state index contributed by atoms with van der Waals surface area (Å²) in [7, 11) is 2.90. The van der Waals surface area contributed by atoms with Gasteiger partial charge >= 0.3 is 5.97 Å². The van der Waals surface area contributed by atoms with E-state index < -0.39 is 12.6 Å². The van der Waals surface area contributed by atoms with Crippen molar-refractivity contribution in [2.75, 3.05) is 20.8 Å². The highest BCUT2D eigenvalue weighted by molar-refractivity contribution is 5.96. The fourth-order valence-electron chi connectivity index (χ4n) is 3.04. The first-order valence-corrected chi connectivity index (χ1v) is 9.62. The Bertz CT molecular complexity index is 807. The maximum atomic E-state index is 12.4. The van der Waals surface area contributed by atoms with Crippen molar-refractivity contribution in [3.05, 3.63) is 59.2 Å². The molecule has 6 nitrogen and oxygen atoms in total. The van der Waals surface area contributed by atoms with E-state index in [1.165, 1.54) is 19.8 Å². The van der Waals surface area contributed by atoms with Crippen LogP contribution in [0.2, 0.25) is 0 Å². The van der Waals surface area contributed by atoms with E-state index in [1.807, 2.05) is 19.1 Å². The predicted molar refractivity (Wildman–Crippen MR) is 111 cm³/mol. The molecule has 0 aliphatic heterocycles. The number of esters is 1. The SMILES string of the molecule is COc1cccc(OC)c1C(=O)OCC(=O)N[C@@H](C)c1ccc(CC(C)C)cc1. The quantitative estimate of drug-likeness (QED) is 0.647. The number of rotatable bonds is 9. The van der Waals surface area contributed by atoms with E-state index >= 15 is 0 Å². The molecule has 0 saturated heterocycles. The Hall–Kier alpha value is -3.02. The molecule has 0 bridgehead atoms. The summed E-state index contributed by atoms with van der Waals surface area (Å²) in [5, 5.41) is 2.84. The van der Waals surface area contributed by atoms with Crippen LogP contribution in [0.15, 0.2) is 42.5 Å². The summed E-state index contributed by atoms with van der Waals surface area (Å²) < 4.78 is 15.5. The van der Waals surface area contributed by atoms with E-state index in [0.717, 1.165) is 12.0 Å². The van der Waals surface area contributed by atoms with Gasteiger partial charge in [0.15, 0.2) is 6.61 Å². The van der Waals surface area contributed by atoms with Gasteiger partial charge in [-0.3, -0.25) is 4.79 Å². The van der Waals surface area contributed by atoms with Crippen molar-refractivity contribution >= 4 is 11.9 Å². The van der Waals surface area contributed by atoms with Gasteiger partial charge in [0.25, 0.3) is 5.91 Å². The Morgan fingerprint density at radius 1 is 0.931 bits per heavy atom. The van der Waals surface area contributed by atoms with Crippen LogP contribution in [0.5, 0.6) is 11.5 Å². The lowest BCUT2D eigenvalue weighted by molar-refractivity contribution is -0.124. The van der Waals surface area contributed by atoms with Crippen LogP contribution in [0.3, 0.4) is 0 Å². The molecular formula is C23H29NO5. The molecule has 6 heteroatoms. The van der Waals surface area contributed by atoms with Crippen molar-refractivity contribution in [2.45, 2.75) is 33.2 Å². The lowest BCUT2D eigenvalue weighted by atomic mass is 10.00. The third-order valence-corrected chi connectivity index (χ3v) is 4.47. The van der Waals surface area contributed by atoms with Crippen LogP contribution in [0.25, 0.3) is 0 Å². The minimum absolute atomic E-state index is 0.152. The second kappa shape index (κ2) is 10.5. The number of methoxy groups -OCH3 is 2. The number of hydrogen-bond acceptors (Lipinski definition) is 5. The third-order valence-electron chi connectivity index (χ3n) is 4.47. The van der Waals surface area contributed by atoms with Crippen LogP contribution in [0.1, 0.15) is 48.3 Å². The van der Waals surface area contributed by atoms with Gasteiger partial charge in [-0.2, -0.15) is 0 Å². The molecule has 0 aliphatic rings. The smallest absolute Gasteiger partial charge is 0.346 e. The van der Waals surface area contributed by atoms with E-state index in [2.05, 4.69) is 31.3 Å². The third kappa shape index (κ3) is 6.24. The zero-order valence-electron chi connectivity index (χ0n) is 17.7. The van der Waals surface area contributed by atoms with Crippen molar-refractivity contribution < 1.29 is 23.8 Å². The molecule has 156 valence electrons. The largest absolute Gasteiger partial charge is 0.496 e. The predicted octanol–water partition coefficient (Wildman–Crippen LogP) is 3.94.